The van der Waals surface area contributed by atoms with Crippen molar-refractivity contribution in [3.8, 4) is 0 Å². The van der Waals surface area contributed by atoms with Crippen LogP contribution >= 0.6 is 0 Å². The minimum absolute atomic E-state index is 0.354. The molecule has 6 unspecified atom stereocenters. The molecule has 0 radical (unpaired) electrons. The monoisotopic (exact) mass is 362 g/mol. The summed E-state index contributed by atoms with van der Waals surface area (Å²) in [6, 6.07) is 0. The SMILES string of the molecule is CCC1CCC1CC1CCC1CC1CCC1CCCCCCCC(=O)O. The summed E-state index contributed by atoms with van der Waals surface area (Å²) in [6.45, 7) is 2.39. The molecule has 2 nitrogen and oxygen atoms in total. The Morgan fingerprint density at radius 3 is 1.65 bits per heavy atom. The van der Waals surface area contributed by atoms with Gasteiger partial charge in [-0.05, 0) is 93.3 Å². The fourth-order valence-corrected chi connectivity index (χ4v) is 6.06. The van der Waals surface area contributed by atoms with Crippen LogP contribution < -0.4 is 0 Å². The van der Waals surface area contributed by atoms with Crippen molar-refractivity contribution in [2.75, 3.05) is 0 Å². The van der Waals surface area contributed by atoms with E-state index in [1.807, 2.05) is 0 Å². The second-order valence-corrected chi connectivity index (χ2v) is 9.87. The van der Waals surface area contributed by atoms with Gasteiger partial charge in [-0.25, -0.2) is 0 Å². The van der Waals surface area contributed by atoms with Gasteiger partial charge in [0.2, 0.25) is 0 Å². The average molecular weight is 363 g/mol. The third-order valence-corrected chi connectivity index (χ3v) is 8.43. The zero-order valence-corrected chi connectivity index (χ0v) is 17.1. The Morgan fingerprint density at radius 2 is 1.15 bits per heavy atom. The molecule has 1 N–H and O–H groups in total. The maximum atomic E-state index is 10.5. The van der Waals surface area contributed by atoms with E-state index in [4.69, 9.17) is 5.11 Å². The Morgan fingerprint density at radius 1 is 0.692 bits per heavy atom. The highest BCUT2D eigenvalue weighted by atomic mass is 16.4. The van der Waals surface area contributed by atoms with E-state index >= 15 is 0 Å². The lowest BCUT2D eigenvalue weighted by Crippen LogP contribution is -2.37. The van der Waals surface area contributed by atoms with E-state index in [2.05, 4.69) is 6.92 Å². The predicted octanol–water partition coefficient (Wildman–Crippen LogP) is 7.07. The third kappa shape index (κ3) is 5.49. The van der Waals surface area contributed by atoms with E-state index in [9.17, 15) is 4.79 Å². The molecule has 0 aromatic rings. The first-order valence-electron chi connectivity index (χ1n) is 11.9. The normalized spacial score (nSPS) is 36.0. The predicted molar refractivity (Wildman–Crippen MR) is 108 cm³/mol. The van der Waals surface area contributed by atoms with Crippen LogP contribution in [0.5, 0.6) is 0 Å². The highest BCUT2D eigenvalue weighted by molar-refractivity contribution is 5.66. The quantitative estimate of drug-likeness (QED) is 0.356. The van der Waals surface area contributed by atoms with Gasteiger partial charge in [0, 0.05) is 6.42 Å². The molecule has 3 saturated carbocycles. The number of aliphatic carboxylic acids is 1. The van der Waals surface area contributed by atoms with Gasteiger partial charge in [-0.1, -0.05) is 45.4 Å². The lowest BCUT2D eigenvalue weighted by atomic mass is 9.58. The summed E-state index contributed by atoms with van der Waals surface area (Å²) >= 11 is 0. The molecule has 0 aromatic heterocycles. The van der Waals surface area contributed by atoms with Gasteiger partial charge in [0.15, 0.2) is 0 Å². The summed E-state index contributed by atoms with van der Waals surface area (Å²) in [5, 5.41) is 8.66. The highest BCUT2D eigenvalue weighted by Gasteiger charge is 2.40. The van der Waals surface area contributed by atoms with Crippen LogP contribution in [0.15, 0.2) is 0 Å². The smallest absolute Gasteiger partial charge is 0.303 e. The molecular weight excluding hydrogens is 320 g/mol. The molecule has 0 bridgehead atoms. The topological polar surface area (TPSA) is 37.3 Å². The van der Waals surface area contributed by atoms with Crippen molar-refractivity contribution < 1.29 is 9.90 Å². The van der Waals surface area contributed by atoms with E-state index < -0.39 is 5.97 Å². The molecule has 150 valence electrons. The number of hydrogen-bond acceptors (Lipinski definition) is 1. The van der Waals surface area contributed by atoms with E-state index in [0.717, 1.165) is 48.3 Å². The molecule has 0 amide bonds. The fraction of sp³-hybridized carbons (Fsp3) is 0.958. The minimum atomic E-state index is -0.640. The zero-order valence-electron chi connectivity index (χ0n) is 17.1. The van der Waals surface area contributed by atoms with Gasteiger partial charge in [-0.3, -0.25) is 4.79 Å². The standard InChI is InChI=1S/C24H42O2/c1-2-18-10-12-20(18)16-22-14-15-23(22)17-21-13-11-19(21)8-6-4-3-5-7-9-24(25)26/h18-23H,2-17H2,1H3,(H,25,26). The molecule has 2 heteroatoms. The lowest BCUT2D eigenvalue weighted by Gasteiger charge is -2.48. The maximum absolute atomic E-state index is 10.5. The van der Waals surface area contributed by atoms with Crippen LogP contribution in [-0.2, 0) is 4.79 Å². The Kier molecular flexibility index (Phi) is 7.88. The van der Waals surface area contributed by atoms with Gasteiger partial charge in [0.25, 0.3) is 0 Å². The molecule has 3 rings (SSSR count). The number of carbonyl (C=O) groups is 1. The maximum Gasteiger partial charge on any atom is 0.303 e. The van der Waals surface area contributed by atoms with Gasteiger partial charge in [0.05, 0.1) is 0 Å². The van der Waals surface area contributed by atoms with Crippen molar-refractivity contribution in [3.05, 3.63) is 0 Å². The molecular formula is C24H42O2. The van der Waals surface area contributed by atoms with Gasteiger partial charge in [-0.2, -0.15) is 0 Å². The molecule has 0 aliphatic heterocycles. The van der Waals surface area contributed by atoms with Crippen molar-refractivity contribution in [2.24, 2.45) is 35.5 Å². The van der Waals surface area contributed by atoms with Crippen LogP contribution in [0.3, 0.4) is 0 Å². The molecule has 6 atom stereocenters. The Labute approximate surface area is 161 Å². The number of hydrogen-bond donors (Lipinski definition) is 1. The summed E-state index contributed by atoms with van der Waals surface area (Å²) in [6.07, 6.45) is 21.3. The third-order valence-electron chi connectivity index (χ3n) is 8.43. The fourth-order valence-electron chi connectivity index (χ4n) is 6.06. The van der Waals surface area contributed by atoms with Gasteiger partial charge >= 0.3 is 5.97 Å². The number of unbranched alkanes of at least 4 members (excludes halogenated alkanes) is 4. The Bertz CT molecular complexity index is 430. The summed E-state index contributed by atoms with van der Waals surface area (Å²) in [5.41, 5.74) is 0. The van der Waals surface area contributed by atoms with Crippen LogP contribution in [0, 0.1) is 35.5 Å². The first-order chi connectivity index (χ1) is 12.7. The number of rotatable bonds is 13. The van der Waals surface area contributed by atoms with Crippen molar-refractivity contribution in [1.82, 2.24) is 0 Å². The Hall–Kier alpha value is -0.530. The number of carboxylic acids is 1. The van der Waals surface area contributed by atoms with E-state index in [-0.39, 0.29) is 0 Å². The van der Waals surface area contributed by atoms with E-state index in [1.54, 1.807) is 12.8 Å². The summed E-state index contributed by atoms with van der Waals surface area (Å²) in [4.78, 5) is 10.5. The van der Waals surface area contributed by atoms with Gasteiger partial charge in [0.1, 0.15) is 0 Å². The largest absolute Gasteiger partial charge is 0.481 e. The summed E-state index contributed by atoms with van der Waals surface area (Å²) in [7, 11) is 0. The second kappa shape index (κ2) is 10.1. The van der Waals surface area contributed by atoms with Crippen molar-refractivity contribution in [3.63, 3.8) is 0 Å². The Balaban J connectivity index is 1.23. The van der Waals surface area contributed by atoms with Crippen LogP contribution in [-0.4, -0.2) is 11.1 Å². The van der Waals surface area contributed by atoms with Crippen LogP contribution in [0.4, 0.5) is 0 Å². The van der Waals surface area contributed by atoms with Crippen LogP contribution in [0.1, 0.15) is 110 Å². The van der Waals surface area contributed by atoms with Gasteiger partial charge < -0.3 is 5.11 Å². The van der Waals surface area contributed by atoms with Crippen molar-refractivity contribution in [1.29, 1.82) is 0 Å². The van der Waals surface area contributed by atoms with E-state index in [1.165, 1.54) is 70.6 Å². The van der Waals surface area contributed by atoms with Gasteiger partial charge in [-0.15, -0.1) is 0 Å². The van der Waals surface area contributed by atoms with Crippen LogP contribution in [0.25, 0.3) is 0 Å². The first kappa shape index (κ1) is 20.2. The van der Waals surface area contributed by atoms with Crippen molar-refractivity contribution >= 4 is 5.97 Å². The molecule has 0 heterocycles. The summed E-state index contributed by atoms with van der Waals surface area (Å²) < 4.78 is 0. The van der Waals surface area contributed by atoms with Crippen molar-refractivity contribution in [2.45, 2.75) is 110 Å². The molecule has 3 aliphatic rings. The molecule has 3 aliphatic carbocycles. The average Bonchev–Trinajstić information content (AvgIpc) is 2.55. The first-order valence-corrected chi connectivity index (χ1v) is 11.9. The highest BCUT2D eigenvalue weighted by Crippen LogP contribution is 2.51. The molecule has 0 aromatic carbocycles. The minimum Gasteiger partial charge on any atom is -0.481 e. The van der Waals surface area contributed by atoms with Crippen LogP contribution in [0.2, 0.25) is 0 Å². The lowest BCUT2D eigenvalue weighted by molar-refractivity contribution is -0.137. The van der Waals surface area contributed by atoms with E-state index in [0.29, 0.717) is 6.42 Å². The molecule has 26 heavy (non-hydrogen) atoms. The zero-order chi connectivity index (χ0) is 18.4. The molecule has 0 saturated heterocycles. The molecule has 0 spiro atoms. The molecule has 3 fully saturated rings. The second-order valence-electron chi connectivity index (χ2n) is 9.87. The number of carboxylic acid groups (broad SMARTS) is 1. The summed E-state index contributed by atoms with van der Waals surface area (Å²) in [5.74, 6) is 5.77.